The molecule has 0 radical (unpaired) electrons. The number of aromatic nitrogens is 3. The Balaban J connectivity index is 1.99. The zero-order valence-electron chi connectivity index (χ0n) is 12.5. The summed E-state index contributed by atoms with van der Waals surface area (Å²) < 4.78 is 0. The van der Waals surface area contributed by atoms with Gasteiger partial charge in [0.1, 0.15) is 6.61 Å². The highest BCUT2D eigenvalue weighted by Crippen LogP contribution is 2.21. The second kappa shape index (κ2) is 6.95. The molecule has 24 heavy (non-hydrogen) atoms. The van der Waals surface area contributed by atoms with Crippen LogP contribution in [0.25, 0.3) is 22.8 Å². The van der Waals surface area contributed by atoms with Crippen molar-refractivity contribution in [3.8, 4) is 22.8 Å². The zero-order chi connectivity index (χ0) is 16.9. The molecule has 0 bridgehead atoms. The fraction of sp³-hybridized carbons (Fsp3) is 0.0588. The van der Waals surface area contributed by atoms with E-state index in [0.717, 1.165) is 5.56 Å². The van der Waals surface area contributed by atoms with Crippen LogP contribution in [0.1, 0.15) is 15.9 Å². The van der Waals surface area contributed by atoms with Crippen LogP contribution in [0.15, 0.2) is 54.9 Å². The van der Waals surface area contributed by atoms with Crippen LogP contribution < -0.4 is 0 Å². The van der Waals surface area contributed by atoms with Crippen molar-refractivity contribution in [3.63, 3.8) is 0 Å². The summed E-state index contributed by atoms with van der Waals surface area (Å²) in [4.78, 5) is 28.1. The molecule has 0 saturated carbocycles. The van der Waals surface area contributed by atoms with Crippen LogP contribution in [-0.2, 0) is 11.5 Å². The number of nitrogens with zero attached hydrogens (tertiary/aromatic N) is 3. The minimum absolute atomic E-state index is 0.0530. The van der Waals surface area contributed by atoms with Crippen LogP contribution in [0, 0.1) is 0 Å². The molecule has 120 valence electrons. The Morgan fingerprint density at radius 1 is 0.958 bits per heavy atom. The normalized spacial score (nSPS) is 10.5. The van der Waals surface area contributed by atoms with Gasteiger partial charge in [0.15, 0.2) is 0 Å². The van der Waals surface area contributed by atoms with Crippen molar-refractivity contribution in [1.29, 1.82) is 0 Å². The smallest absolute Gasteiger partial charge is 0.335 e. The first-order valence-corrected chi connectivity index (χ1v) is 7.06. The lowest BCUT2D eigenvalue weighted by atomic mass is 10.1. The fourth-order valence-electron chi connectivity index (χ4n) is 2.20. The second-order valence-corrected chi connectivity index (χ2v) is 4.97. The third kappa shape index (κ3) is 3.43. The molecule has 3 aromatic rings. The monoisotopic (exact) mass is 323 g/mol. The van der Waals surface area contributed by atoms with Crippen LogP contribution in [0.4, 0.5) is 0 Å². The minimum atomic E-state index is -1.02. The highest BCUT2D eigenvalue weighted by Gasteiger charge is 2.09. The molecule has 0 saturated heterocycles. The van der Waals surface area contributed by atoms with Gasteiger partial charge >= 0.3 is 5.97 Å². The van der Waals surface area contributed by atoms with E-state index in [1.54, 1.807) is 36.5 Å². The van der Waals surface area contributed by atoms with Gasteiger partial charge in [-0.15, -0.1) is 0 Å². The molecule has 0 amide bonds. The van der Waals surface area contributed by atoms with Crippen molar-refractivity contribution in [2.75, 3.05) is 0 Å². The average Bonchev–Trinajstić information content (AvgIpc) is 2.62. The molecule has 0 fully saturated rings. The predicted octanol–water partition coefficient (Wildman–Crippen LogP) is 2.89. The molecule has 3 aromatic heterocycles. The third-order valence-electron chi connectivity index (χ3n) is 3.34. The molecule has 0 aliphatic heterocycles. The van der Waals surface area contributed by atoms with Gasteiger partial charge in [0.25, 0.3) is 0 Å². The maximum Gasteiger partial charge on any atom is 0.335 e. The summed E-state index contributed by atoms with van der Waals surface area (Å²) in [6.45, 7) is 0.0530. The zero-order valence-corrected chi connectivity index (χ0v) is 12.5. The van der Waals surface area contributed by atoms with Crippen molar-refractivity contribution in [1.82, 2.24) is 15.0 Å². The molecule has 0 aromatic carbocycles. The van der Waals surface area contributed by atoms with Gasteiger partial charge in [0.05, 0.1) is 28.3 Å². The Bertz CT molecular complexity index is 883. The van der Waals surface area contributed by atoms with E-state index in [1.807, 2.05) is 0 Å². The van der Waals surface area contributed by atoms with E-state index >= 15 is 0 Å². The third-order valence-corrected chi connectivity index (χ3v) is 3.34. The van der Waals surface area contributed by atoms with Gasteiger partial charge in [0.2, 0.25) is 0 Å². The first-order valence-electron chi connectivity index (χ1n) is 7.06. The first kappa shape index (κ1) is 15.7. The Hall–Kier alpha value is -3.16. The molecular formula is C17H13N3O4. The summed E-state index contributed by atoms with van der Waals surface area (Å²) in [7, 11) is 0. The molecule has 0 atom stereocenters. The Kier molecular flexibility index (Phi) is 4.55. The molecule has 7 heteroatoms. The number of hydrogen-bond donors (Lipinski definition) is 2. The summed E-state index contributed by atoms with van der Waals surface area (Å²) in [5.74, 6) is -1.02. The molecule has 3 rings (SSSR count). The summed E-state index contributed by atoms with van der Waals surface area (Å²) in [6, 6.07) is 11.7. The van der Waals surface area contributed by atoms with E-state index in [0.29, 0.717) is 22.8 Å². The van der Waals surface area contributed by atoms with E-state index in [2.05, 4.69) is 19.8 Å². The first-order chi connectivity index (χ1) is 11.7. The fourth-order valence-corrected chi connectivity index (χ4v) is 2.20. The number of carboxylic acids is 1. The topological polar surface area (TPSA) is 105 Å². The second-order valence-electron chi connectivity index (χ2n) is 4.97. The number of pyridine rings is 3. The number of carboxylic acid groups (broad SMARTS) is 1. The lowest BCUT2D eigenvalue weighted by Crippen LogP contribution is -1.98. The molecule has 2 N–H and O–H groups in total. The largest absolute Gasteiger partial charge is 0.478 e. The quantitative estimate of drug-likeness (QED) is 0.549. The van der Waals surface area contributed by atoms with E-state index in [1.165, 1.54) is 18.3 Å². The van der Waals surface area contributed by atoms with Gasteiger partial charge < -0.3 is 5.11 Å². The Labute approximate surface area is 137 Å². The van der Waals surface area contributed by atoms with Crippen molar-refractivity contribution >= 4 is 5.97 Å². The van der Waals surface area contributed by atoms with Crippen molar-refractivity contribution in [2.45, 2.75) is 6.61 Å². The highest BCUT2D eigenvalue weighted by atomic mass is 17.1. The molecule has 0 unspecified atom stereocenters. The predicted molar refractivity (Wildman–Crippen MR) is 85.1 cm³/mol. The van der Waals surface area contributed by atoms with Crippen LogP contribution >= 0.6 is 0 Å². The maximum atomic E-state index is 11.1. The van der Waals surface area contributed by atoms with Crippen LogP contribution in [-0.4, -0.2) is 31.3 Å². The number of rotatable bonds is 5. The lowest BCUT2D eigenvalue weighted by molar-refractivity contribution is -0.253. The van der Waals surface area contributed by atoms with Crippen LogP contribution in [0.2, 0.25) is 0 Å². The van der Waals surface area contributed by atoms with Crippen molar-refractivity contribution in [2.24, 2.45) is 0 Å². The van der Waals surface area contributed by atoms with Gasteiger partial charge in [0, 0.05) is 12.4 Å². The Morgan fingerprint density at radius 3 is 2.29 bits per heavy atom. The Morgan fingerprint density at radius 2 is 1.62 bits per heavy atom. The molecule has 0 spiro atoms. The van der Waals surface area contributed by atoms with Crippen LogP contribution in [0.3, 0.4) is 0 Å². The standard InChI is InChI=1S/C17H13N3O4/c21-17(22)12-5-7-19-16(9-12)14-3-1-2-13(20-14)15-8-11(10-24-23)4-6-18-15/h1-9,23H,10H2,(H,21,22). The van der Waals surface area contributed by atoms with Gasteiger partial charge in [-0.3, -0.25) is 15.2 Å². The number of aromatic carboxylic acids is 1. The van der Waals surface area contributed by atoms with Crippen molar-refractivity contribution in [3.05, 3.63) is 66.0 Å². The SMILES string of the molecule is O=C(O)c1ccnc(-c2cccc(-c3cc(COO)ccn3)n2)c1. The summed E-state index contributed by atoms with van der Waals surface area (Å²) in [6.07, 6.45) is 3.03. The van der Waals surface area contributed by atoms with Crippen molar-refractivity contribution < 1.29 is 20.0 Å². The highest BCUT2D eigenvalue weighted by molar-refractivity contribution is 5.88. The van der Waals surface area contributed by atoms with E-state index in [4.69, 9.17) is 10.4 Å². The summed E-state index contributed by atoms with van der Waals surface area (Å²) in [5, 5.41) is 17.6. The molecule has 3 heterocycles. The summed E-state index contributed by atoms with van der Waals surface area (Å²) >= 11 is 0. The van der Waals surface area contributed by atoms with Gasteiger partial charge in [-0.2, -0.15) is 0 Å². The molecule has 7 nitrogen and oxygen atoms in total. The van der Waals surface area contributed by atoms with Gasteiger partial charge in [-0.1, -0.05) is 6.07 Å². The average molecular weight is 323 g/mol. The van der Waals surface area contributed by atoms with E-state index in [9.17, 15) is 4.79 Å². The van der Waals surface area contributed by atoms with Gasteiger partial charge in [-0.05, 0) is 42.0 Å². The van der Waals surface area contributed by atoms with E-state index < -0.39 is 5.97 Å². The molecular weight excluding hydrogens is 310 g/mol. The van der Waals surface area contributed by atoms with Gasteiger partial charge in [-0.25, -0.2) is 14.7 Å². The maximum absolute atomic E-state index is 11.1. The van der Waals surface area contributed by atoms with Crippen LogP contribution in [0.5, 0.6) is 0 Å². The summed E-state index contributed by atoms with van der Waals surface area (Å²) in [5.41, 5.74) is 3.12. The van der Waals surface area contributed by atoms with E-state index in [-0.39, 0.29) is 12.2 Å². The number of carbonyl (C=O) groups is 1. The number of hydrogen-bond acceptors (Lipinski definition) is 6. The molecule has 0 aliphatic carbocycles. The minimum Gasteiger partial charge on any atom is -0.478 e. The molecule has 0 aliphatic rings. The lowest BCUT2D eigenvalue weighted by Gasteiger charge is -2.06.